The van der Waals surface area contributed by atoms with Crippen LogP contribution >= 0.6 is 11.6 Å². The van der Waals surface area contributed by atoms with Crippen LogP contribution in [-0.2, 0) is 0 Å². The van der Waals surface area contributed by atoms with E-state index in [9.17, 15) is 4.79 Å². The molecule has 1 aliphatic heterocycles. The van der Waals surface area contributed by atoms with Gasteiger partial charge < -0.3 is 14.6 Å². The van der Waals surface area contributed by atoms with Crippen LogP contribution in [0.15, 0.2) is 89.1 Å². The molecule has 5 rings (SSSR count). The molecule has 0 saturated heterocycles. The van der Waals surface area contributed by atoms with Crippen molar-refractivity contribution in [3.63, 3.8) is 0 Å². The molecular weight excluding hydrogens is 452 g/mol. The molecule has 0 saturated carbocycles. The quantitative estimate of drug-likeness (QED) is 0.379. The van der Waals surface area contributed by atoms with Crippen molar-refractivity contribution in [2.24, 2.45) is 0 Å². The van der Waals surface area contributed by atoms with Crippen LogP contribution in [0.5, 0.6) is 5.75 Å². The first-order valence-corrected chi connectivity index (χ1v) is 11.0. The molecule has 0 spiro atoms. The van der Waals surface area contributed by atoms with Crippen LogP contribution in [0, 0.1) is 0 Å². The predicted molar refractivity (Wildman–Crippen MR) is 131 cm³/mol. The van der Waals surface area contributed by atoms with E-state index >= 15 is 0 Å². The maximum absolute atomic E-state index is 13.3. The lowest BCUT2D eigenvalue weighted by atomic mass is 9.94. The van der Waals surface area contributed by atoms with E-state index in [1.807, 2.05) is 67.6 Å². The molecule has 0 fully saturated rings. The minimum atomic E-state index is -0.469. The number of halogens is 1. The van der Waals surface area contributed by atoms with Gasteiger partial charge in [-0.25, -0.2) is 4.79 Å². The number of anilines is 1. The van der Waals surface area contributed by atoms with Crippen molar-refractivity contribution >= 4 is 28.9 Å². The molecule has 0 radical (unpaired) electrons. The Kier molecular flexibility index (Phi) is 5.77. The second-order valence-electron chi connectivity index (χ2n) is 7.76. The molecule has 2 heterocycles. The molecule has 1 N–H and O–H groups in total. The van der Waals surface area contributed by atoms with Crippen LogP contribution < -0.4 is 15.0 Å². The first-order valence-electron chi connectivity index (χ1n) is 10.7. The summed E-state index contributed by atoms with van der Waals surface area (Å²) in [6.45, 7) is 1.87. The summed E-state index contributed by atoms with van der Waals surface area (Å²) in [5, 5.41) is 7.85. The Morgan fingerprint density at radius 2 is 1.82 bits per heavy atom. The van der Waals surface area contributed by atoms with E-state index in [0.717, 1.165) is 11.1 Å². The van der Waals surface area contributed by atoms with Gasteiger partial charge in [0.1, 0.15) is 5.75 Å². The van der Waals surface area contributed by atoms with Crippen molar-refractivity contribution in [2.45, 2.75) is 13.0 Å². The van der Waals surface area contributed by atoms with E-state index in [1.54, 1.807) is 30.2 Å². The van der Waals surface area contributed by atoms with Gasteiger partial charge in [0.05, 0.1) is 24.4 Å². The SMILES string of the molecule is COc1cccc(N2C(=O)NC(c3ccccc3)C(c3nc(-c4cccc(Cl)c4)no3)=C2C)c1. The number of ether oxygens (including phenoxy) is 1. The second kappa shape index (κ2) is 9.03. The number of hydrogen-bond donors (Lipinski definition) is 1. The van der Waals surface area contributed by atoms with Crippen molar-refractivity contribution in [2.75, 3.05) is 12.0 Å². The summed E-state index contributed by atoms with van der Waals surface area (Å²) in [4.78, 5) is 19.5. The summed E-state index contributed by atoms with van der Waals surface area (Å²) in [6, 6.07) is 23.5. The number of benzene rings is 3. The summed E-state index contributed by atoms with van der Waals surface area (Å²) in [7, 11) is 1.59. The Bertz CT molecular complexity index is 1380. The van der Waals surface area contributed by atoms with Crippen LogP contribution in [0.2, 0.25) is 5.02 Å². The average Bonchev–Trinajstić information content (AvgIpc) is 3.34. The molecular formula is C26H21ClN4O3. The van der Waals surface area contributed by atoms with Crippen molar-refractivity contribution in [1.82, 2.24) is 15.5 Å². The number of nitrogens with zero attached hydrogens (tertiary/aromatic N) is 3. The van der Waals surface area contributed by atoms with Crippen LogP contribution in [0.4, 0.5) is 10.5 Å². The van der Waals surface area contributed by atoms with Crippen molar-refractivity contribution in [3.05, 3.63) is 101 Å². The average molecular weight is 473 g/mol. The number of nitrogens with one attached hydrogen (secondary N) is 1. The molecule has 8 heteroatoms. The van der Waals surface area contributed by atoms with Gasteiger partial charge in [0.25, 0.3) is 5.89 Å². The fourth-order valence-corrected chi connectivity index (χ4v) is 4.24. The summed E-state index contributed by atoms with van der Waals surface area (Å²) in [5.41, 5.74) is 3.67. The first-order chi connectivity index (χ1) is 16.5. The predicted octanol–water partition coefficient (Wildman–Crippen LogP) is 6.10. The second-order valence-corrected chi connectivity index (χ2v) is 8.20. The minimum Gasteiger partial charge on any atom is -0.497 e. The van der Waals surface area contributed by atoms with Gasteiger partial charge in [0, 0.05) is 22.3 Å². The fraction of sp³-hybridized carbons (Fsp3) is 0.115. The lowest BCUT2D eigenvalue weighted by Gasteiger charge is -2.35. The highest BCUT2D eigenvalue weighted by Gasteiger charge is 2.36. The zero-order valence-electron chi connectivity index (χ0n) is 18.5. The van der Waals surface area contributed by atoms with Crippen LogP contribution in [0.1, 0.15) is 24.4 Å². The normalized spacial score (nSPS) is 15.9. The van der Waals surface area contributed by atoms with Gasteiger partial charge in [-0.2, -0.15) is 4.98 Å². The number of urea groups is 1. The summed E-state index contributed by atoms with van der Waals surface area (Å²) >= 11 is 6.14. The van der Waals surface area contributed by atoms with Gasteiger partial charge in [-0.05, 0) is 36.8 Å². The first kappa shape index (κ1) is 21.7. The molecule has 2 amide bonds. The van der Waals surface area contributed by atoms with Crippen LogP contribution in [0.3, 0.4) is 0 Å². The summed E-state index contributed by atoms with van der Waals surface area (Å²) in [5.74, 6) is 1.37. The zero-order chi connectivity index (χ0) is 23.7. The largest absolute Gasteiger partial charge is 0.497 e. The van der Waals surface area contributed by atoms with E-state index < -0.39 is 6.04 Å². The number of allylic oxidation sites excluding steroid dienone is 1. The monoisotopic (exact) mass is 472 g/mol. The Morgan fingerprint density at radius 3 is 2.59 bits per heavy atom. The number of aromatic nitrogens is 2. The highest BCUT2D eigenvalue weighted by atomic mass is 35.5. The van der Waals surface area contributed by atoms with Gasteiger partial charge >= 0.3 is 6.03 Å². The number of rotatable bonds is 5. The molecule has 7 nitrogen and oxygen atoms in total. The number of methoxy groups -OCH3 is 1. The smallest absolute Gasteiger partial charge is 0.327 e. The zero-order valence-corrected chi connectivity index (χ0v) is 19.3. The van der Waals surface area contributed by atoms with E-state index in [0.29, 0.717) is 39.4 Å². The maximum atomic E-state index is 13.3. The molecule has 1 aromatic heterocycles. The number of carbonyl (C=O) groups is 1. The van der Waals surface area contributed by atoms with Gasteiger partial charge in [-0.1, -0.05) is 65.3 Å². The molecule has 0 bridgehead atoms. The minimum absolute atomic E-state index is 0.266. The van der Waals surface area contributed by atoms with E-state index in [1.165, 1.54) is 0 Å². The lowest BCUT2D eigenvalue weighted by molar-refractivity contribution is 0.244. The maximum Gasteiger partial charge on any atom is 0.327 e. The van der Waals surface area contributed by atoms with Gasteiger partial charge in [0.2, 0.25) is 5.82 Å². The Labute approximate surface area is 201 Å². The van der Waals surface area contributed by atoms with Crippen LogP contribution in [0.25, 0.3) is 17.0 Å². The number of carbonyl (C=O) groups excluding carboxylic acids is 1. The topological polar surface area (TPSA) is 80.5 Å². The van der Waals surface area contributed by atoms with Crippen molar-refractivity contribution in [3.8, 4) is 17.1 Å². The number of hydrogen-bond acceptors (Lipinski definition) is 5. The molecule has 1 atom stereocenters. The molecule has 170 valence electrons. The summed E-state index contributed by atoms with van der Waals surface area (Å²) in [6.07, 6.45) is 0. The third-order valence-electron chi connectivity index (χ3n) is 5.67. The van der Waals surface area contributed by atoms with E-state index in [2.05, 4.69) is 15.5 Å². The van der Waals surface area contributed by atoms with Gasteiger partial charge in [-0.3, -0.25) is 4.90 Å². The highest BCUT2D eigenvalue weighted by molar-refractivity contribution is 6.30. The molecule has 1 aliphatic rings. The molecule has 0 aliphatic carbocycles. The number of amides is 2. The Hall–Kier alpha value is -4.10. The fourth-order valence-electron chi connectivity index (χ4n) is 4.05. The highest BCUT2D eigenvalue weighted by Crippen LogP contribution is 2.39. The molecule has 4 aromatic rings. The third-order valence-corrected chi connectivity index (χ3v) is 5.90. The molecule has 34 heavy (non-hydrogen) atoms. The summed E-state index contributed by atoms with van der Waals surface area (Å²) < 4.78 is 11.1. The molecule has 1 unspecified atom stereocenters. The van der Waals surface area contributed by atoms with Crippen molar-refractivity contribution in [1.29, 1.82) is 0 Å². The lowest BCUT2D eigenvalue weighted by Crippen LogP contribution is -2.46. The third kappa shape index (κ3) is 4.02. The standard InChI is InChI=1S/C26H21ClN4O3/c1-16-22(25-29-24(30-34-25)18-10-6-11-19(27)14-18)23(17-8-4-3-5-9-17)28-26(32)31(16)20-12-7-13-21(15-20)33-2/h3-15,23H,1-2H3,(H,28,32). The van der Waals surface area contributed by atoms with Crippen molar-refractivity contribution < 1.29 is 14.1 Å². The Morgan fingerprint density at radius 1 is 1.03 bits per heavy atom. The molecule has 3 aromatic carbocycles. The Balaban J connectivity index is 1.66. The van der Waals surface area contributed by atoms with Gasteiger partial charge in [-0.15, -0.1) is 0 Å². The van der Waals surface area contributed by atoms with E-state index in [4.69, 9.17) is 20.9 Å². The van der Waals surface area contributed by atoms with Gasteiger partial charge in [0.15, 0.2) is 0 Å². The van der Waals surface area contributed by atoms with Crippen LogP contribution in [-0.4, -0.2) is 23.3 Å². The van der Waals surface area contributed by atoms with E-state index in [-0.39, 0.29) is 6.03 Å².